The molecule has 4 heteroatoms. The van der Waals surface area contributed by atoms with Gasteiger partial charge in [0, 0.05) is 17.5 Å². The molecule has 0 unspecified atom stereocenters. The molecule has 0 radical (unpaired) electrons. The van der Waals surface area contributed by atoms with Crippen LogP contribution >= 0.6 is 0 Å². The van der Waals surface area contributed by atoms with Gasteiger partial charge in [-0.25, -0.2) is 4.79 Å². The quantitative estimate of drug-likeness (QED) is 0.572. The first-order valence-electron chi connectivity index (χ1n) is 12.1. The van der Waals surface area contributed by atoms with Crippen molar-refractivity contribution in [2.75, 3.05) is 5.32 Å². The third kappa shape index (κ3) is 3.04. The minimum Gasteiger partial charge on any atom is -0.429 e. The fraction of sp³-hybridized carbons (Fsp3) is 0.571. The van der Waals surface area contributed by atoms with Gasteiger partial charge in [0.1, 0.15) is 0 Å². The molecule has 0 bridgehead atoms. The van der Waals surface area contributed by atoms with Crippen molar-refractivity contribution in [2.24, 2.45) is 28.6 Å². The van der Waals surface area contributed by atoms with Crippen molar-refractivity contribution in [1.82, 2.24) is 0 Å². The number of carbonyl (C=O) groups excluding carboxylic acids is 2. The Morgan fingerprint density at radius 3 is 2.56 bits per heavy atom. The second-order valence-electron chi connectivity index (χ2n) is 10.8. The van der Waals surface area contributed by atoms with Crippen LogP contribution in [-0.4, -0.2) is 17.5 Å². The van der Waals surface area contributed by atoms with Gasteiger partial charge in [-0.2, -0.15) is 0 Å². The molecule has 1 amide bonds. The SMILES string of the molecule is C#C[C@]1(OC(=O)Nc2ccccc2)CC[C@H]2[C@@H]3CCC4=CC(=O)CC[C@]4(C)[C@H]3CC[C@@]21C. The number of amides is 1. The molecular formula is C28H33NO3. The van der Waals surface area contributed by atoms with E-state index in [9.17, 15) is 9.59 Å². The van der Waals surface area contributed by atoms with Crippen LogP contribution in [-0.2, 0) is 9.53 Å². The number of hydrogen-bond donors (Lipinski definition) is 1. The summed E-state index contributed by atoms with van der Waals surface area (Å²) in [6, 6.07) is 9.36. The predicted octanol–water partition coefficient (Wildman–Crippen LogP) is 6.14. The summed E-state index contributed by atoms with van der Waals surface area (Å²) >= 11 is 0. The second-order valence-corrected chi connectivity index (χ2v) is 10.8. The Morgan fingerprint density at radius 2 is 1.81 bits per heavy atom. The topological polar surface area (TPSA) is 55.4 Å². The molecule has 3 saturated carbocycles. The number of ether oxygens (including phenoxy) is 1. The molecule has 0 aromatic heterocycles. The Labute approximate surface area is 191 Å². The summed E-state index contributed by atoms with van der Waals surface area (Å²) in [7, 11) is 0. The van der Waals surface area contributed by atoms with Crippen molar-refractivity contribution in [3.05, 3.63) is 42.0 Å². The Balaban J connectivity index is 1.39. The Morgan fingerprint density at radius 1 is 1.06 bits per heavy atom. The minimum absolute atomic E-state index is 0.130. The summed E-state index contributed by atoms with van der Waals surface area (Å²) < 4.78 is 6.11. The summed E-state index contributed by atoms with van der Waals surface area (Å²) in [5, 5.41) is 2.85. The van der Waals surface area contributed by atoms with Gasteiger partial charge in [0.2, 0.25) is 0 Å². The standard InChI is InChI=1S/C28H33NO3/c1-4-28(32-25(31)29-20-8-6-5-7-9-20)17-14-24-22-11-10-19-18-21(30)12-15-26(19,2)23(22)13-16-27(24,28)3/h1,5-9,18,22-24H,10-17H2,2-3H3,(H,29,31)/t22-,23+,24+,26+,27+,28+/m1/s1. The van der Waals surface area contributed by atoms with Gasteiger partial charge < -0.3 is 4.74 Å². The van der Waals surface area contributed by atoms with Gasteiger partial charge in [-0.15, -0.1) is 6.42 Å². The third-order valence-corrected chi connectivity index (χ3v) is 9.60. The van der Waals surface area contributed by atoms with E-state index < -0.39 is 11.7 Å². The number of anilines is 1. The van der Waals surface area contributed by atoms with Gasteiger partial charge in [-0.1, -0.05) is 43.5 Å². The van der Waals surface area contributed by atoms with Crippen molar-refractivity contribution in [3.8, 4) is 12.3 Å². The van der Waals surface area contributed by atoms with Gasteiger partial charge in [0.05, 0.1) is 0 Å². The fourth-order valence-electron chi connectivity index (χ4n) is 7.81. The van der Waals surface area contributed by atoms with Crippen LogP contribution in [0.2, 0.25) is 0 Å². The first kappa shape index (κ1) is 21.3. The fourth-order valence-corrected chi connectivity index (χ4v) is 7.81. The second kappa shape index (κ2) is 7.51. The van der Waals surface area contributed by atoms with Gasteiger partial charge in [0.25, 0.3) is 0 Å². The number of carbonyl (C=O) groups is 2. The lowest BCUT2D eigenvalue weighted by Gasteiger charge is -2.58. The van der Waals surface area contributed by atoms with Gasteiger partial charge in [0.15, 0.2) is 11.4 Å². The third-order valence-electron chi connectivity index (χ3n) is 9.60. The molecule has 3 fully saturated rings. The van der Waals surface area contributed by atoms with Crippen molar-refractivity contribution in [2.45, 2.75) is 70.8 Å². The van der Waals surface area contributed by atoms with Crippen LogP contribution in [0.4, 0.5) is 10.5 Å². The molecule has 1 aromatic carbocycles. The van der Waals surface area contributed by atoms with E-state index in [4.69, 9.17) is 11.2 Å². The first-order chi connectivity index (χ1) is 15.3. The van der Waals surface area contributed by atoms with E-state index in [1.807, 2.05) is 36.4 Å². The van der Waals surface area contributed by atoms with Crippen LogP contribution in [0.5, 0.6) is 0 Å². The number of rotatable bonds is 2. The Bertz CT molecular complexity index is 1010. The number of fused-ring (bicyclic) bond motifs is 5. The van der Waals surface area contributed by atoms with Crippen LogP contribution in [0, 0.1) is 40.9 Å². The zero-order valence-corrected chi connectivity index (χ0v) is 19.2. The lowest BCUT2D eigenvalue weighted by molar-refractivity contribution is -0.119. The van der Waals surface area contributed by atoms with E-state index >= 15 is 0 Å². The molecule has 4 nitrogen and oxygen atoms in total. The molecule has 4 aliphatic rings. The Hall–Kier alpha value is -2.54. The molecular weight excluding hydrogens is 398 g/mol. The van der Waals surface area contributed by atoms with Gasteiger partial charge in [-0.3, -0.25) is 10.1 Å². The summed E-state index contributed by atoms with van der Waals surface area (Å²) in [5.74, 6) is 4.85. The van der Waals surface area contributed by atoms with E-state index in [2.05, 4.69) is 25.1 Å². The zero-order chi connectivity index (χ0) is 22.6. The molecule has 32 heavy (non-hydrogen) atoms. The molecule has 0 aliphatic heterocycles. The van der Waals surface area contributed by atoms with E-state index in [1.54, 1.807) is 0 Å². The number of nitrogens with one attached hydrogen (secondary N) is 1. The maximum absolute atomic E-state index is 12.8. The van der Waals surface area contributed by atoms with Gasteiger partial charge in [-0.05, 0) is 86.3 Å². The highest BCUT2D eigenvalue weighted by atomic mass is 16.6. The smallest absolute Gasteiger partial charge is 0.413 e. The summed E-state index contributed by atoms with van der Waals surface area (Å²) in [5.41, 5.74) is 1.11. The number of allylic oxidation sites excluding steroid dienone is 1. The number of terminal acetylenes is 1. The van der Waals surface area contributed by atoms with Crippen LogP contribution in [0.1, 0.15) is 65.2 Å². The van der Waals surface area contributed by atoms with Crippen LogP contribution < -0.4 is 5.32 Å². The highest BCUT2D eigenvalue weighted by molar-refractivity contribution is 5.91. The molecule has 1 aromatic rings. The van der Waals surface area contributed by atoms with E-state index in [-0.39, 0.29) is 10.8 Å². The highest BCUT2D eigenvalue weighted by Gasteiger charge is 2.65. The van der Waals surface area contributed by atoms with Crippen molar-refractivity contribution < 1.29 is 14.3 Å². The lowest BCUT2D eigenvalue weighted by atomic mass is 9.46. The molecule has 0 saturated heterocycles. The number of ketones is 1. The maximum Gasteiger partial charge on any atom is 0.413 e. The minimum atomic E-state index is -0.874. The molecule has 168 valence electrons. The summed E-state index contributed by atoms with van der Waals surface area (Å²) in [6.45, 7) is 4.65. The van der Waals surface area contributed by atoms with Crippen molar-refractivity contribution in [1.29, 1.82) is 0 Å². The van der Waals surface area contributed by atoms with E-state index in [0.29, 0.717) is 42.1 Å². The number of para-hydroxylation sites is 1. The van der Waals surface area contributed by atoms with Crippen LogP contribution in [0.25, 0.3) is 0 Å². The molecule has 1 N–H and O–H groups in total. The molecule has 0 spiro atoms. The number of hydrogen-bond acceptors (Lipinski definition) is 3. The van der Waals surface area contributed by atoms with Crippen molar-refractivity contribution >= 4 is 17.6 Å². The largest absolute Gasteiger partial charge is 0.429 e. The van der Waals surface area contributed by atoms with Gasteiger partial charge >= 0.3 is 6.09 Å². The van der Waals surface area contributed by atoms with Crippen LogP contribution in [0.15, 0.2) is 42.0 Å². The Kier molecular flexibility index (Phi) is 5.00. The first-order valence-corrected chi connectivity index (χ1v) is 12.1. The molecule has 6 atom stereocenters. The molecule has 4 aliphatic carbocycles. The zero-order valence-electron chi connectivity index (χ0n) is 19.2. The maximum atomic E-state index is 12.8. The average molecular weight is 432 g/mol. The van der Waals surface area contributed by atoms with E-state index in [0.717, 1.165) is 38.5 Å². The molecule has 0 heterocycles. The van der Waals surface area contributed by atoms with E-state index in [1.165, 1.54) is 5.57 Å². The van der Waals surface area contributed by atoms with Crippen LogP contribution in [0.3, 0.4) is 0 Å². The monoisotopic (exact) mass is 431 g/mol. The highest BCUT2D eigenvalue weighted by Crippen LogP contribution is 2.68. The normalized spacial score (nSPS) is 40.2. The number of benzene rings is 1. The summed E-state index contributed by atoms with van der Waals surface area (Å²) in [6.07, 6.45) is 15.1. The van der Waals surface area contributed by atoms with Crippen molar-refractivity contribution in [3.63, 3.8) is 0 Å². The summed E-state index contributed by atoms with van der Waals surface area (Å²) in [4.78, 5) is 24.9. The predicted molar refractivity (Wildman–Crippen MR) is 125 cm³/mol. The lowest BCUT2D eigenvalue weighted by Crippen LogP contribution is -2.55. The average Bonchev–Trinajstić information content (AvgIpc) is 3.07. The molecule has 5 rings (SSSR count).